The Labute approximate surface area is 54.0 Å². The molecule has 0 fully saturated rings. The predicted octanol–water partition coefficient (Wildman–Crippen LogP) is 0.748. The largest absolute Gasteiger partial charge is 0.396 e. The van der Waals surface area contributed by atoms with Crippen LogP contribution in [0.4, 0.5) is 0 Å². The third-order valence-electron chi connectivity index (χ3n) is 1.31. The van der Waals surface area contributed by atoms with E-state index in [-0.39, 0.29) is 5.78 Å². The van der Waals surface area contributed by atoms with Crippen LogP contribution in [0.1, 0.15) is 13.3 Å². The molecule has 0 radical (unpaired) electrons. The van der Waals surface area contributed by atoms with Gasteiger partial charge in [0.15, 0.2) is 5.78 Å². The third-order valence-corrected chi connectivity index (χ3v) is 1.31. The highest BCUT2D eigenvalue weighted by atomic mass is 16.1. The van der Waals surface area contributed by atoms with Crippen molar-refractivity contribution in [2.24, 2.45) is 5.73 Å². The molecule has 0 bridgehead atoms. The normalized spacial score (nSPS) is 19.0. The fourth-order valence-corrected chi connectivity index (χ4v) is 0.739. The Bertz CT molecular complexity index is 201. The van der Waals surface area contributed by atoms with Crippen LogP contribution < -0.4 is 5.73 Å². The van der Waals surface area contributed by atoms with Crippen LogP contribution in [-0.4, -0.2) is 5.78 Å². The maximum Gasteiger partial charge on any atom is 0.182 e. The van der Waals surface area contributed by atoms with Crippen LogP contribution in [0.5, 0.6) is 0 Å². The molecule has 0 aromatic heterocycles. The minimum absolute atomic E-state index is 0.0370. The summed E-state index contributed by atoms with van der Waals surface area (Å²) in [6.07, 6.45) is 4.01. The molecule has 1 aliphatic rings. The summed E-state index contributed by atoms with van der Waals surface area (Å²) in [4.78, 5) is 10.8. The topological polar surface area (TPSA) is 43.1 Å². The zero-order valence-electron chi connectivity index (χ0n) is 5.35. The lowest BCUT2D eigenvalue weighted by atomic mass is 10.0. The monoisotopic (exact) mass is 123 g/mol. The molecule has 2 heteroatoms. The van der Waals surface area contributed by atoms with Crippen LogP contribution in [0.15, 0.2) is 23.4 Å². The molecule has 1 aliphatic carbocycles. The van der Waals surface area contributed by atoms with Gasteiger partial charge in [-0.3, -0.25) is 4.79 Å². The summed E-state index contributed by atoms with van der Waals surface area (Å²) >= 11 is 0. The highest BCUT2D eigenvalue weighted by Gasteiger charge is 2.08. The number of allylic oxidation sites excluding steroid dienone is 4. The number of nitrogens with two attached hydrogens (primary N) is 1. The Balaban J connectivity index is 2.86. The minimum Gasteiger partial charge on any atom is -0.396 e. The Morgan fingerprint density at radius 3 is 2.67 bits per heavy atom. The first-order valence-electron chi connectivity index (χ1n) is 2.86. The molecular formula is C7H9NO. The van der Waals surface area contributed by atoms with E-state index in [2.05, 4.69) is 0 Å². The molecule has 1 rings (SSSR count). The standard InChI is InChI=1S/C7H9NO/c1-5-2-3-6(8)7(9)4-5/h2-3H,4,8H2,1H3. The van der Waals surface area contributed by atoms with Crippen LogP contribution in [0.2, 0.25) is 0 Å². The molecule has 0 aromatic rings. The highest BCUT2D eigenvalue weighted by Crippen LogP contribution is 2.09. The summed E-state index contributed by atoms with van der Waals surface area (Å²) in [7, 11) is 0. The van der Waals surface area contributed by atoms with Crippen LogP contribution >= 0.6 is 0 Å². The average Bonchev–Trinajstić information content (AvgIpc) is 1.80. The van der Waals surface area contributed by atoms with Crippen molar-refractivity contribution in [1.82, 2.24) is 0 Å². The van der Waals surface area contributed by atoms with E-state index in [0.717, 1.165) is 5.57 Å². The van der Waals surface area contributed by atoms with E-state index in [1.807, 2.05) is 13.0 Å². The summed E-state index contributed by atoms with van der Waals surface area (Å²) < 4.78 is 0. The van der Waals surface area contributed by atoms with Crippen LogP contribution in [0.25, 0.3) is 0 Å². The first kappa shape index (κ1) is 6.08. The molecule has 0 amide bonds. The lowest BCUT2D eigenvalue weighted by Gasteiger charge is -2.04. The second-order valence-corrected chi connectivity index (χ2v) is 2.23. The number of rotatable bonds is 0. The smallest absolute Gasteiger partial charge is 0.182 e. The molecular weight excluding hydrogens is 114 g/mol. The van der Waals surface area contributed by atoms with Gasteiger partial charge < -0.3 is 5.73 Å². The zero-order valence-corrected chi connectivity index (χ0v) is 5.35. The predicted molar refractivity (Wildman–Crippen MR) is 35.7 cm³/mol. The van der Waals surface area contributed by atoms with Gasteiger partial charge in [0.2, 0.25) is 0 Å². The number of carbonyl (C=O) groups is 1. The average molecular weight is 123 g/mol. The molecule has 0 atom stereocenters. The van der Waals surface area contributed by atoms with Gasteiger partial charge in [-0.15, -0.1) is 0 Å². The van der Waals surface area contributed by atoms with Crippen LogP contribution in [-0.2, 0) is 4.79 Å². The van der Waals surface area contributed by atoms with Gasteiger partial charge in [0.05, 0.1) is 5.70 Å². The first-order chi connectivity index (χ1) is 4.20. The van der Waals surface area contributed by atoms with Gasteiger partial charge in [0.25, 0.3) is 0 Å². The number of ketones is 1. The number of carbonyl (C=O) groups excluding carboxylic acids is 1. The summed E-state index contributed by atoms with van der Waals surface area (Å²) in [6.45, 7) is 1.92. The second-order valence-electron chi connectivity index (χ2n) is 2.23. The van der Waals surface area contributed by atoms with Crippen molar-refractivity contribution in [2.75, 3.05) is 0 Å². The number of hydrogen-bond donors (Lipinski definition) is 1. The molecule has 9 heavy (non-hydrogen) atoms. The fraction of sp³-hybridized carbons (Fsp3) is 0.286. The summed E-state index contributed by atoms with van der Waals surface area (Å²) in [5.74, 6) is 0.0370. The quantitative estimate of drug-likeness (QED) is 0.516. The van der Waals surface area contributed by atoms with E-state index < -0.39 is 0 Å². The molecule has 0 unspecified atom stereocenters. The maximum absolute atomic E-state index is 10.8. The van der Waals surface area contributed by atoms with Gasteiger partial charge in [-0.05, 0) is 13.0 Å². The van der Waals surface area contributed by atoms with E-state index in [0.29, 0.717) is 12.1 Å². The van der Waals surface area contributed by atoms with Crippen molar-refractivity contribution < 1.29 is 4.79 Å². The lowest BCUT2D eigenvalue weighted by Crippen LogP contribution is -2.13. The number of hydrogen-bond acceptors (Lipinski definition) is 2. The van der Waals surface area contributed by atoms with Crippen molar-refractivity contribution in [3.8, 4) is 0 Å². The fourth-order valence-electron chi connectivity index (χ4n) is 0.739. The van der Waals surface area contributed by atoms with Crippen molar-refractivity contribution >= 4 is 5.78 Å². The minimum atomic E-state index is 0.0370. The molecule has 0 aromatic carbocycles. The Hall–Kier alpha value is -1.05. The molecule has 0 heterocycles. The van der Waals surface area contributed by atoms with E-state index >= 15 is 0 Å². The zero-order chi connectivity index (χ0) is 6.85. The van der Waals surface area contributed by atoms with Gasteiger partial charge in [-0.2, -0.15) is 0 Å². The van der Waals surface area contributed by atoms with E-state index in [1.165, 1.54) is 0 Å². The van der Waals surface area contributed by atoms with E-state index in [1.54, 1.807) is 6.08 Å². The molecule has 0 saturated carbocycles. The van der Waals surface area contributed by atoms with Crippen molar-refractivity contribution in [3.05, 3.63) is 23.4 Å². The molecule has 2 nitrogen and oxygen atoms in total. The Kier molecular flexibility index (Phi) is 1.39. The van der Waals surface area contributed by atoms with E-state index in [4.69, 9.17) is 5.73 Å². The summed E-state index contributed by atoms with van der Waals surface area (Å²) in [6, 6.07) is 0. The second kappa shape index (κ2) is 2.05. The van der Waals surface area contributed by atoms with Gasteiger partial charge in [-0.1, -0.05) is 11.6 Å². The Morgan fingerprint density at radius 1 is 1.56 bits per heavy atom. The molecule has 0 spiro atoms. The van der Waals surface area contributed by atoms with E-state index in [9.17, 15) is 4.79 Å². The van der Waals surface area contributed by atoms with Gasteiger partial charge in [0, 0.05) is 6.42 Å². The molecule has 2 N–H and O–H groups in total. The van der Waals surface area contributed by atoms with Crippen LogP contribution in [0.3, 0.4) is 0 Å². The summed E-state index contributed by atoms with van der Waals surface area (Å²) in [5.41, 5.74) is 6.76. The molecule has 0 aliphatic heterocycles. The lowest BCUT2D eigenvalue weighted by molar-refractivity contribution is -0.115. The van der Waals surface area contributed by atoms with Gasteiger partial charge >= 0.3 is 0 Å². The summed E-state index contributed by atoms with van der Waals surface area (Å²) in [5, 5.41) is 0. The van der Waals surface area contributed by atoms with Gasteiger partial charge in [-0.25, -0.2) is 0 Å². The first-order valence-corrected chi connectivity index (χ1v) is 2.86. The maximum atomic E-state index is 10.8. The Morgan fingerprint density at radius 2 is 2.22 bits per heavy atom. The molecule has 0 saturated heterocycles. The van der Waals surface area contributed by atoms with Crippen LogP contribution in [0, 0.1) is 0 Å². The number of Topliss-reactive ketones (excluding diaryl/α,β-unsaturated/α-hetero) is 1. The SMILES string of the molecule is CC1=CC=C(N)C(=O)C1. The third kappa shape index (κ3) is 1.19. The van der Waals surface area contributed by atoms with Crippen molar-refractivity contribution in [3.63, 3.8) is 0 Å². The highest BCUT2D eigenvalue weighted by molar-refractivity contribution is 5.97. The molecule has 48 valence electrons. The van der Waals surface area contributed by atoms with Crippen molar-refractivity contribution in [1.29, 1.82) is 0 Å². The van der Waals surface area contributed by atoms with Crippen molar-refractivity contribution in [2.45, 2.75) is 13.3 Å². The van der Waals surface area contributed by atoms with Gasteiger partial charge in [0.1, 0.15) is 0 Å².